The minimum absolute atomic E-state index is 0.0193. The lowest BCUT2D eigenvalue weighted by molar-refractivity contribution is 0.0899. The van der Waals surface area contributed by atoms with Crippen molar-refractivity contribution >= 4 is 31.1 Å². The van der Waals surface area contributed by atoms with Crippen molar-refractivity contribution in [1.82, 2.24) is 24.4 Å². The van der Waals surface area contributed by atoms with E-state index in [4.69, 9.17) is 9.72 Å². The Balaban J connectivity index is 1.48. The average molecular weight is 455 g/mol. The number of rotatable bonds is 8. The van der Waals surface area contributed by atoms with E-state index in [1.54, 1.807) is 12.4 Å². The van der Waals surface area contributed by atoms with Gasteiger partial charge in [-0.2, -0.15) is 0 Å². The maximum Gasteiger partial charge on any atom is 0.407 e. The van der Waals surface area contributed by atoms with Gasteiger partial charge in [0.15, 0.2) is 5.65 Å². The SMILES string of the molecule is C[Si](C)(C)CCOCn1ccc2nc(-c3cccnc3N[C@@H]3CCN(C(=O)O)C3)cnc21. The highest BCUT2D eigenvalue weighted by Crippen LogP contribution is 2.27. The van der Waals surface area contributed by atoms with E-state index < -0.39 is 14.2 Å². The van der Waals surface area contributed by atoms with Gasteiger partial charge in [0, 0.05) is 51.8 Å². The molecule has 0 aromatic carbocycles. The number of amides is 1. The zero-order valence-corrected chi connectivity index (χ0v) is 19.8. The Morgan fingerprint density at radius 3 is 2.91 bits per heavy atom. The number of aromatic nitrogens is 4. The molecule has 170 valence electrons. The van der Waals surface area contributed by atoms with Crippen LogP contribution in [0.1, 0.15) is 6.42 Å². The van der Waals surface area contributed by atoms with Gasteiger partial charge in [-0.3, -0.25) is 0 Å². The standard InChI is InChI=1S/C22H30N6O3Si/c1-32(2,3)12-11-31-15-28-10-7-18-21(28)24-13-19(26-18)17-5-4-8-23-20(17)25-16-6-9-27(14-16)22(29)30/h4-5,7-8,10,13,16H,6,9,11-12,14-15H2,1-3H3,(H,23,25)(H,29,30)/t16-/m1/s1. The molecule has 10 heteroatoms. The summed E-state index contributed by atoms with van der Waals surface area (Å²) in [7, 11) is -1.11. The molecule has 32 heavy (non-hydrogen) atoms. The molecular formula is C22H30N6O3Si. The number of fused-ring (bicyclic) bond motifs is 1. The van der Waals surface area contributed by atoms with Crippen LogP contribution in [0.2, 0.25) is 25.7 Å². The molecule has 0 unspecified atom stereocenters. The number of carbonyl (C=O) groups is 1. The van der Waals surface area contributed by atoms with Gasteiger partial charge in [-0.05, 0) is 30.7 Å². The zero-order valence-electron chi connectivity index (χ0n) is 18.8. The zero-order chi connectivity index (χ0) is 22.7. The van der Waals surface area contributed by atoms with E-state index in [-0.39, 0.29) is 6.04 Å². The monoisotopic (exact) mass is 454 g/mol. The lowest BCUT2D eigenvalue weighted by Crippen LogP contribution is -2.30. The molecular weight excluding hydrogens is 424 g/mol. The van der Waals surface area contributed by atoms with Gasteiger partial charge in [0.1, 0.15) is 18.1 Å². The van der Waals surface area contributed by atoms with Crippen LogP contribution in [-0.4, -0.2) is 69.4 Å². The number of nitrogens with zero attached hydrogens (tertiary/aromatic N) is 5. The number of nitrogens with one attached hydrogen (secondary N) is 1. The lowest BCUT2D eigenvalue weighted by atomic mass is 10.1. The third kappa shape index (κ3) is 5.25. The van der Waals surface area contributed by atoms with Gasteiger partial charge in [0.2, 0.25) is 0 Å². The maximum atomic E-state index is 11.2. The summed E-state index contributed by atoms with van der Waals surface area (Å²) in [6, 6.07) is 6.90. The summed E-state index contributed by atoms with van der Waals surface area (Å²) in [6.07, 6.45) is 5.27. The van der Waals surface area contributed by atoms with Crippen LogP contribution in [0, 0.1) is 0 Å². The van der Waals surface area contributed by atoms with Gasteiger partial charge in [0.05, 0.1) is 11.9 Å². The topological polar surface area (TPSA) is 105 Å². The van der Waals surface area contributed by atoms with Crippen molar-refractivity contribution in [2.75, 3.05) is 25.0 Å². The molecule has 0 saturated carbocycles. The molecule has 1 aliphatic heterocycles. The molecule has 9 nitrogen and oxygen atoms in total. The van der Waals surface area contributed by atoms with Crippen molar-refractivity contribution in [3.63, 3.8) is 0 Å². The summed E-state index contributed by atoms with van der Waals surface area (Å²) in [5, 5.41) is 12.6. The average Bonchev–Trinajstić information content (AvgIpc) is 3.38. The predicted molar refractivity (Wildman–Crippen MR) is 126 cm³/mol. The van der Waals surface area contributed by atoms with Crippen molar-refractivity contribution in [3.05, 3.63) is 36.8 Å². The van der Waals surface area contributed by atoms with E-state index in [2.05, 4.69) is 34.9 Å². The predicted octanol–water partition coefficient (Wildman–Crippen LogP) is 3.97. The Kier molecular flexibility index (Phi) is 6.42. The van der Waals surface area contributed by atoms with Gasteiger partial charge in [-0.25, -0.2) is 19.7 Å². The summed E-state index contributed by atoms with van der Waals surface area (Å²) in [5.41, 5.74) is 3.14. The van der Waals surface area contributed by atoms with Crippen molar-refractivity contribution in [2.45, 2.75) is 44.9 Å². The summed E-state index contributed by atoms with van der Waals surface area (Å²) < 4.78 is 7.83. The first-order valence-electron chi connectivity index (χ1n) is 10.9. The van der Waals surface area contributed by atoms with Crippen molar-refractivity contribution in [2.24, 2.45) is 0 Å². The van der Waals surface area contributed by atoms with Gasteiger partial charge < -0.3 is 24.6 Å². The van der Waals surface area contributed by atoms with E-state index in [1.165, 1.54) is 4.90 Å². The van der Waals surface area contributed by atoms with Crippen LogP contribution in [0.5, 0.6) is 0 Å². The van der Waals surface area contributed by atoms with E-state index in [0.717, 1.165) is 41.5 Å². The second-order valence-corrected chi connectivity index (χ2v) is 15.0. The smallest absolute Gasteiger partial charge is 0.407 e. The second-order valence-electron chi connectivity index (χ2n) is 9.36. The first-order valence-corrected chi connectivity index (χ1v) is 14.6. The molecule has 2 N–H and O–H groups in total. The number of pyridine rings is 1. The van der Waals surface area contributed by atoms with Crippen LogP contribution in [-0.2, 0) is 11.5 Å². The van der Waals surface area contributed by atoms with Crippen LogP contribution < -0.4 is 5.32 Å². The van der Waals surface area contributed by atoms with Crippen LogP contribution in [0.3, 0.4) is 0 Å². The maximum absolute atomic E-state index is 11.2. The molecule has 1 saturated heterocycles. The molecule has 0 bridgehead atoms. The molecule has 1 atom stereocenters. The highest BCUT2D eigenvalue weighted by atomic mass is 28.3. The highest BCUT2D eigenvalue weighted by Gasteiger charge is 2.26. The summed E-state index contributed by atoms with van der Waals surface area (Å²) in [6.45, 7) is 9.20. The van der Waals surface area contributed by atoms with Gasteiger partial charge in [0.25, 0.3) is 0 Å². The quantitative estimate of drug-likeness (QED) is 0.392. The third-order valence-electron chi connectivity index (χ3n) is 5.57. The molecule has 0 aliphatic carbocycles. The number of ether oxygens (including phenoxy) is 1. The molecule has 1 fully saturated rings. The van der Waals surface area contributed by atoms with Crippen LogP contribution in [0.25, 0.3) is 22.4 Å². The van der Waals surface area contributed by atoms with Crippen LogP contribution in [0.15, 0.2) is 36.8 Å². The Bertz CT molecular complexity index is 1100. The van der Waals surface area contributed by atoms with Crippen LogP contribution in [0.4, 0.5) is 10.6 Å². The largest absolute Gasteiger partial charge is 0.465 e. The molecule has 3 aromatic rings. The normalized spacial score (nSPS) is 16.6. The van der Waals surface area contributed by atoms with E-state index >= 15 is 0 Å². The number of hydrogen-bond acceptors (Lipinski definition) is 6. The van der Waals surface area contributed by atoms with Crippen molar-refractivity contribution < 1.29 is 14.6 Å². The minimum atomic E-state index is -1.11. The van der Waals surface area contributed by atoms with Gasteiger partial charge >= 0.3 is 6.09 Å². The Hall–Kier alpha value is -2.98. The Morgan fingerprint density at radius 2 is 2.16 bits per heavy atom. The van der Waals surface area contributed by atoms with Gasteiger partial charge in [-0.1, -0.05) is 19.6 Å². The fraction of sp³-hybridized carbons (Fsp3) is 0.455. The second kappa shape index (κ2) is 9.25. The van der Waals surface area contributed by atoms with E-state index in [0.29, 0.717) is 25.6 Å². The molecule has 1 aliphatic rings. The van der Waals surface area contributed by atoms with Crippen molar-refractivity contribution in [1.29, 1.82) is 0 Å². The molecule has 4 heterocycles. The fourth-order valence-electron chi connectivity index (χ4n) is 3.71. The van der Waals surface area contributed by atoms with Crippen molar-refractivity contribution in [3.8, 4) is 11.3 Å². The first-order chi connectivity index (χ1) is 15.3. The molecule has 0 radical (unpaired) electrons. The Labute approximate surface area is 188 Å². The third-order valence-corrected chi connectivity index (χ3v) is 7.28. The fourth-order valence-corrected chi connectivity index (χ4v) is 4.47. The number of carboxylic acid groups (broad SMARTS) is 1. The van der Waals surface area contributed by atoms with E-state index in [1.807, 2.05) is 29.0 Å². The first kappa shape index (κ1) is 22.2. The number of hydrogen-bond donors (Lipinski definition) is 2. The molecule has 4 rings (SSSR count). The summed E-state index contributed by atoms with van der Waals surface area (Å²) in [5.74, 6) is 0.688. The highest BCUT2D eigenvalue weighted by molar-refractivity contribution is 6.76. The number of anilines is 1. The van der Waals surface area contributed by atoms with Gasteiger partial charge in [-0.15, -0.1) is 0 Å². The van der Waals surface area contributed by atoms with Crippen LogP contribution >= 0.6 is 0 Å². The molecule has 3 aromatic heterocycles. The van der Waals surface area contributed by atoms with E-state index in [9.17, 15) is 9.90 Å². The molecule has 0 spiro atoms. The number of likely N-dealkylation sites (tertiary alicyclic amines) is 1. The molecule has 1 amide bonds. The Morgan fingerprint density at radius 1 is 1.31 bits per heavy atom. The summed E-state index contributed by atoms with van der Waals surface area (Å²) >= 11 is 0. The summed E-state index contributed by atoms with van der Waals surface area (Å²) in [4.78, 5) is 26.5. The minimum Gasteiger partial charge on any atom is -0.465 e. The lowest BCUT2D eigenvalue weighted by Gasteiger charge is -2.16.